The van der Waals surface area contributed by atoms with Crippen molar-refractivity contribution in [3.8, 4) is 11.8 Å². The first-order chi connectivity index (χ1) is 9.72. The summed E-state index contributed by atoms with van der Waals surface area (Å²) >= 11 is 6.12. The van der Waals surface area contributed by atoms with E-state index in [1.165, 1.54) is 5.56 Å². The molecule has 0 aliphatic heterocycles. The van der Waals surface area contributed by atoms with Crippen molar-refractivity contribution in [1.29, 1.82) is 5.26 Å². The number of hydrogen-bond donors (Lipinski definition) is 1. The number of methoxy groups -OCH3 is 1. The molecule has 0 saturated carbocycles. The molecule has 0 aliphatic rings. The highest BCUT2D eigenvalue weighted by molar-refractivity contribution is 6.31. The van der Waals surface area contributed by atoms with Crippen LogP contribution in [0.25, 0.3) is 0 Å². The number of ether oxygens (including phenoxy) is 1. The lowest BCUT2D eigenvalue weighted by Gasteiger charge is -2.08. The minimum atomic E-state index is 0.578. The third-order valence-corrected chi connectivity index (χ3v) is 3.34. The second kappa shape index (κ2) is 6.95. The third-order valence-electron chi connectivity index (χ3n) is 2.99. The molecule has 0 amide bonds. The monoisotopic (exact) mass is 286 g/mol. The molecule has 0 spiro atoms. The number of nitrogens with zero attached hydrogens (tertiary/aromatic N) is 1. The van der Waals surface area contributed by atoms with Gasteiger partial charge >= 0.3 is 0 Å². The van der Waals surface area contributed by atoms with Gasteiger partial charge in [0, 0.05) is 18.1 Å². The maximum Gasteiger partial charge on any atom is 0.118 e. The summed E-state index contributed by atoms with van der Waals surface area (Å²) in [6.45, 7) is 1.41. The summed E-state index contributed by atoms with van der Waals surface area (Å²) in [4.78, 5) is 0. The van der Waals surface area contributed by atoms with Gasteiger partial charge in [-0.05, 0) is 35.4 Å². The predicted octanol–water partition coefficient (Wildman–Crippen LogP) is 3.51. The normalized spacial score (nSPS) is 10.1. The number of hydrogen-bond acceptors (Lipinski definition) is 3. The van der Waals surface area contributed by atoms with Gasteiger partial charge in [0.15, 0.2) is 0 Å². The lowest BCUT2D eigenvalue weighted by molar-refractivity contribution is 0.414. The van der Waals surface area contributed by atoms with E-state index in [0.29, 0.717) is 17.1 Å². The number of rotatable bonds is 5. The lowest BCUT2D eigenvalue weighted by atomic mass is 10.1. The fraction of sp³-hybridized carbons (Fsp3) is 0.188. The van der Waals surface area contributed by atoms with Gasteiger partial charge in [0.25, 0.3) is 0 Å². The number of halogens is 1. The average Bonchev–Trinajstić information content (AvgIpc) is 2.49. The minimum Gasteiger partial charge on any atom is -0.497 e. The molecule has 0 aromatic heterocycles. The maximum atomic E-state index is 8.79. The van der Waals surface area contributed by atoms with E-state index in [1.54, 1.807) is 19.2 Å². The molecule has 0 unspecified atom stereocenters. The standard InChI is InChI=1S/C16H15ClN2O/c1-20-15-6-3-12(4-7-15)10-19-11-14-5-2-13(9-18)8-16(14)17/h2-8,19H,10-11H2,1H3. The van der Waals surface area contributed by atoms with Gasteiger partial charge < -0.3 is 10.1 Å². The van der Waals surface area contributed by atoms with Gasteiger partial charge in [-0.15, -0.1) is 0 Å². The molecular weight excluding hydrogens is 272 g/mol. The highest BCUT2D eigenvalue weighted by Crippen LogP contribution is 2.17. The van der Waals surface area contributed by atoms with Crippen LogP contribution in [0.3, 0.4) is 0 Å². The van der Waals surface area contributed by atoms with Gasteiger partial charge in [-0.3, -0.25) is 0 Å². The maximum absolute atomic E-state index is 8.79. The Bertz CT molecular complexity index is 617. The molecule has 4 heteroatoms. The minimum absolute atomic E-state index is 0.578. The van der Waals surface area contributed by atoms with Crippen LogP contribution in [0, 0.1) is 11.3 Å². The molecule has 0 aliphatic carbocycles. The molecule has 3 nitrogen and oxygen atoms in total. The fourth-order valence-corrected chi connectivity index (χ4v) is 2.09. The number of benzene rings is 2. The predicted molar refractivity (Wildman–Crippen MR) is 79.7 cm³/mol. The molecule has 20 heavy (non-hydrogen) atoms. The van der Waals surface area contributed by atoms with Crippen molar-refractivity contribution in [3.63, 3.8) is 0 Å². The Hall–Kier alpha value is -2.02. The van der Waals surface area contributed by atoms with Crippen LogP contribution < -0.4 is 10.1 Å². The highest BCUT2D eigenvalue weighted by Gasteiger charge is 2.02. The topological polar surface area (TPSA) is 45.0 Å². The van der Waals surface area contributed by atoms with E-state index in [4.69, 9.17) is 21.6 Å². The summed E-state index contributed by atoms with van der Waals surface area (Å²) in [6.07, 6.45) is 0. The second-order valence-electron chi connectivity index (χ2n) is 4.37. The van der Waals surface area contributed by atoms with Gasteiger partial charge in [0.2, 0.25) is 0 Å². The van der Waals surface area contributed by atoms with Crippen LogP contribution in [-0.2, 0) is 13.1 Å². The Morgan fingerprint density at radius 2 is 1.90 bits per heavy atom. The van der Waals surface area contributed by atoms with Crippen LogP contribution in [0.2, 0.25) is 5.02 Å². The summed E-state index contributed by atoms with van der Waals surface area (Å²) in [5, 5.41) is 12.7. The summed E-state index contributed by atoms with van der Waals surface area (Å²) in [5.41, 5.74) is 2.74. The average molecular weight is 287 g/mol. The second-order valence-corrected chi connectivity index (χ2v) is 4.78. The van der Waals surface area contributed by atoms with Gasteiger partial charge in [-0.1, -0.05) is 29.8 Å². The smallest absolute Gasteiger partial charge is 0.118 e. The van der Waals surface area contributed by atoms with Crippen molar-refractivity contribution in [2.45, 2.75) is 13.1 Å². The van der Waals surface area contributed by atoms with Gasteiger partial charge in [-0.2, -0.15) is 5.26 Å². The molecule has 0 heterocycles. The van der Waals surface area contributed by atoms with Crippen molar-refractivity contribution in [2.75, 3.05) is 7.11 Å². The van der Waals surface area contributed by atoms with Crippen molar-refractivity contribution in [1.82, 2.24) is 5.32 Å². The van der Waals surface area contributed by atoms with Crippen LogP contribution in [0.1, 0.15) is 16.7 Å². The van der Waals surface area contributed by atoms with Crippen LogP contribution in [0.5, 0.6) is 5.75 Å². The summed E-state index contributed by atoms with van der Waals surface area (Å²) in [5.74, 6) is 0.851. The molecule has 0 saturated heterocycles. The van der Waals surface area contributed by atoms with E-state index < -0.39 is 0 Å². The van der Waals surface area contributed by atoms with Crippen molar-refractivity contribution in [2.24, 2.45) is 0 Å². The van der Waals surface area contributed by atoms with Crippen LogP contribution >= 0.6 is 11.6 Å². The summed E-state index contributed by atoms with van der Waals surface area (Å²) < 4.78 is 5.12. The zero-order valence-corrected chi connectivity index (χ0v) is 11.9. The molecule has 1 N–H and O–H groups in total. The SMILES string of the molecule is COc1ccc(CNCc2ccc(C#N)cc2Cl)cc1. The van der Waals surface area contributed by atoms with Gasteiger partial charge in [-0.25, -0.2) is 0 Å². The van der Waals surface area contributed by atoms with E-state index in [0.717, 1.165) is 17.9 Å². The molecule has 0 atom stereocenters. The van der Waals surface area contributed by atoms with Crippen LogP contribution in [-0.4, -0.2) is 7.11 Å². The van der Waals surface area contributed by atoms with Gasteiger partial charge in [0.05, 0.1) is 18.7 Å². The zero-order chi connectivity index (χ0) is 14.4. The molecule has 2 rings (SSSR count). The quantitative estimate of drug-likeness (QED) is 0.915. The molecule has 0 fully saturated rings. The molecule has 0 radical (unpaired) electrons. The number of nitrogens with one attached hydrogen (secondary N) is 1. The zero-order valence-electron chi connectivity index (χ0n) is 11.2. The molecule has 2 aromatic carbocycles. The van der Waals surface area contributed by atoms with Crippen molar-refractivity contribution >= 4 is 11.6 Å². The lowest BCUT2D eigenvalue weighted by Crippen LogP contribution is -2.12. The van der Waals surface area contributed by atoms with E-state index in [2.05, 4.69) is 11.4 Å². The Kier molecular flexibility index (Phi) is 5.00. The first-order valence-electron chi connectivity index (χ1n) is 6.25. The Labute approximate surface area is 123 Å². The third kappa shape index (κ3) is 3.74. The summed E-state index contributed by atoms with van der Waals surface area (Å²) in [6, 6.07) is 15.3. The van der Waals surface area contributed by atoms with E-state index in [9.17, 15) is 0 Å². The Morgan fingerprint density at radius 1 is 1.15 bits per heavy atom. The fourth-order valence-electron chi connectivity index (χ4n) is 1.85. The largest absolute Gasteiger partial charge is 0.497 e. The first kappa shape index (κ1) is 14.4. The van der Waals surface area contributed by atoms with E-state index in [-0.39, 0.29) is 0 Å². The van der Waals surface area contributed by atoms with Crippen LogP contribution in [0.4, 0.5) is 0 Å². The highest BCUT2D eigenvalue weighted by atomic mass is 35.5. The molecule has 2 aromatic rings. The van der Waals surface area contributed by atoms with E-state index in [1.807, 2.05) is 30.3 Å². The van der Waals surface area contributed by atoms with Crippen LogP contribution in [0.15, 0.2) is 42.5 Å². The number of nitriles is 1. The first-order valence-corrected chi connectivity index (χ1v) is 6.63. The van der Waals surface area contributed by atoms with Gasteiger partial charge in [0.1, 0.15) is 5.75 Å². The van der Waals surface area contributed by atoms with Crippen molar-refractivity contribution < 1.29 is 4.74 Å². The molecule has 0 bridgehead atoms. The Morgan fingerprint density at radius 3 is 2.50 bits per heavy atom. The molecule has 102 valence electrons. The molecular formula is C16H15ClN2O. The van der Waals surface area contributed by atoms with Crippen molar-refractivity contribution in [3.05, 3.63) is 64.2 Å². The summed E-state index contributed by atoms with van der Waals surface area (Å²) in [7, 11) is 1.65. The Balaban J connectivity index is 1.91. The van der Waals surface area contributed by atoms with E-state index >= 15 is 0 Å².